The zero-order valence-corrected chi connectivity index (χ0v) is 65.3. The van der Waals surface area contributed by atoms with Gasteiger partial charge >= 0.3 is 0 Å². The van der Waals surface area contributed by atoms with E-state index in [4.69, 9.17) is 4.42 Å². The molecule has 3 N–H and O–H groups in total. The lowest BCUT2D eigenvalue weighted by atomic mass is 10.0. The van der Waals surface area contributed by atoms with Gasteiger partial charge in [0.05, 0.1) is 40.6 Å². The Bertz CT molecular complexity index is 5090. The third-order valence-corrected chi connectivity index (χ3v) is 22.0. The highest BCUT2D eigenvalue weighted by atomic mass is 32.2. The standard InChI is InChI=1S/C22H18N4O2S2.C21H23N5OS.C19H21N5OS.C18H19N5OS/c1-2-25-21(17-10-7-13-28-17)23-24-22(25)29-14-20(27)26-15-8-3-5-11-18(15)30-19-12-6-4-9-16(19)26;1-14(2)15-5-7-17(8-6-15)23-19(27)13-28-21-25-24-20(26(21)18-9-10-18)16-4-3-11-22-12-16;1-3-14-7-9-16(10-8-14)21-17(25)13-26-19-23-22-18(24(19)4-2)15-6-5-11-20-12-15;1-3-23-17(14-5-4-10-19-11-14)21-22-18(23)25-12-16(24)20-15-8-6-13(2)7-9-15/h3-13H,2,14H2,1H3;3-8,11-12,14,18H,9-10,13H2,1-2H3,(H,23,27);5-12H,3-4,13H2,1-2H3,(H,21,25);4-11H,3,12H2,1-2H3,(H,20,24). The number of anilines is 5. The molecule has 1 saturated carbocycles. The van der Waals surface area contributed by atoms with Gasteiger partial charge in [-0.15, -0.1) is 40.8 Å². The van der Waals surface area contributed by atoms with E-state index >= 15 is 0 Å². The minimum atomic E-state index is -0.0672. The molecule has 0 radical (unpaired) electrons. The van der Waals surface area contributed by atoms with Crippen LogP contribution in [0.15, 0.2) is 248 Å². The summed E-state index contributed by atoms with van der Waals surface area (Å²) in [4.78, 5) is 66.5. The van der Waals surface area contributed by atoms with E-state index in [9.17, 15) is 19.2 Å². The maximum absolute atomic E-state index is 13.4. The van der Waals surface area contributed by atoms with Gasteiger partial charge in [0.1, 0.15) is 0 Å². The van der Waals surface area contributed by atoms with E-state index in [-0.39, 0.29) is 40.9 Å². The van der Waals surface area contributed by atoms with Crippen molar-refractivity contribution in [1.29, 1.82) is 0 Å². The predicted molar refractivity (Wildman–Crippen MR) is 433 cm³/mol. The van der Waals surface area contributed by atoms with E-state index in [1.54, 1.807) is 55.2 Å². The Morgan fingerprint density at radius 1 is 0.468 bits per heavy atom. The first-order chi connectivity index (χ1) is 53.2. The second-order valence-electron chi connectivity index (χ2n) is 25.0. The van der Waals surface area contributed by atoms with Gasteiger partial charge < -0.3 is 29.5 Å². The average molecular weight is 1550 g/mol. The molecule has 0 atom stereocenters. The summed E-state index contributed by atoms with van der Waals surface area (Å²) < 4.78 is 13.6. The van der Waals surface area contributed by atoms with Crippen LogP contribution in [0.5, 0.6) is 0 Å². The van der Waals surface area contributed by atoms with Crippen molar-refractivity contribution in [2.75, 3.05) is 43.9 Å². The summed E-state index contributed by atoms with van der Waals surface area (Å²) in [6.07, 6.45) is 15.3. The lowest BCUT2D eigenvalue weighted by Gasteiger charge is -2.30. The Kier molecular flexibility index (Phi) is 27.2. The molecule has 24 nitrogen and oxygen atoms in total. The molecule has 9 heterocycles. The van der Waals surface area contributed by atoms with Crippen molar-refractivity contribution in [2.24, 2.45) is 0 Å². The Labute approximate surface area is 653 Å². The van der Waals surface area contributed by atoms with Crippen molar-refractivity contribution in [2.45, 2.75) is 130 Å². The zero-order chi connectivity index (χ0) is 76.0. The third kappa shape index (κ3) is 20.4. The molecule has 1 aliphatic heterocycles. The van der Waals surface area contributed by atoms with Crippen LogP contribution in [0.3, 0.4) is 0 Å². The van der Waals surface area contributed by atoms with Crippen LogP contribution >= 0.6 is 58.8 Å². The van der Waals surface area contributed by atoms with Gasteiger partial charge in [-0.2, -0.15) is 0 Å². The van der Waals surface area contributed by atoms with Crippen LogP contribution in [0.1, 0.15) is 83.0 Å². The summed E-state index contributed by atoms with van der Waals surface area (Å²) in [6.45, 7) is 16.6. The zero-order valence-electron chi connectivity index (χ0n) is 61.2. The van der Waals surface area contributed by atoms with Crippen LogP contribution in [-0.2, 0) is 45.2 Å². The fourth-order valence-corrected chi connectivity index (χ4v) is 15.7. The number of aromatic nitrogens is 15. The fraction of sp³-hybridized carbons (Fsp3) is 0.237. The molecule has 1 aliphatic carbocycles. The van der Waals surface area contributed by atoms with Crippen LogP contribution in [0, 0.1) is 6.92 Å². The quantitative estimate of drug-likeness (QED) is 0.0448. The van der Waals surface area contributed by atoms with Crippen LogP contribution in [0.25, 0.3) is 45.7 Å². The average Bonchev–Trinajstić information content (AvgIpc) is 1.37. The van der Waals surface area contributed by atoms with Gasteiger partial charge in [0.25, 0.3) is 0 Å². The van der Waals surface area contributed by atoms with E-state index in [0.717, 1.165) is 126 Å². The smallest absolute Gasteiger partial charge is 0.242 e. The van der Waals surface area contributed by atoms with Crippen molar-refractivity contribution in [3.63, 3.8) is 0 Å². The molecule has 556 valence electrons. The molecule has 2 aliphatic rings. The number of nitrogens with one attached hydrogen (secondary N) is 3. The summed E-state index contributed by atoms with van der Waals surface area (Å²) in [5.41, 5.74) is 10.7. The van der Waals surface area contributed by atoms with Gasteiger partial charge in [-0.1, -0.05) is 146 Å². The van der Waals surface area contributed by atoms with Crippen molar-refractivity contribution < 1.29 is 23.6 Å². The number of para-hydroxylation sites is 2. The molecule has 0 spiro atoms. The number of hydrogen-bond acceptors (Lipinski definition) is 21. The number of aryl methyl sites for hydroxylation is 2. The van der Waals surface area contributed by atoms with Crippen LogP contribution in [0.4, 0.5) is 28.4 Å². The third-order valence-electron chi connectivity index (χ3n) is 17.0. The number of thioether (sulfide) groups is 4. The Balaban J connectivity index is 0.000000136. The number of rotatable bonds is 25. The molecule has 0 saturated heterocycles. The summed E-state index contributed by atoms with van der Waals surface area (Å²) >= 11 is 7.26. The number of amides is 4. The molecule has 15 rings (SSSR count). The Hall–Kier alpha value is -11.0. The van der Waals surface area contributed by atoms with Crippen molar-refractivity contribution in [3.05, 3.63) is 230 Å². The molecule has 4 amide bonds. The molecule has 1 fully saturated rings. The highest BCUT2D eigenvalue weighted by Crippen LogP contribution is 2.48. The highest BCUT2D eigenvalue weighted by Gasteiger charge is 2.32. The van der Waals surface area contributed by atoms with Crippen LogP contribution in [-0.4, -0.2) is 121 Å². The molecule has 0 bridgehead atoms. The number of pyridine rings is 3. The Morgan fingerprint density at radius 2 is 0.890 bits per heavy atom. The molecule has 8 aromatic heterocycles. The van der Waals surface area contributed by atoms with Gasteiger partial charge in [0, 0.05) is 106 Å². The van der Waals surface area contributed by atoms with Gasteiger partial charge in [-0.05, 0) is 173 Å². The number of nitrogens with zero attached hydrogens (tertiary/aromatic N) is 16. The lowest BCUT2D eigenvalue weighted by Crippen LogP contribution is -2.30. The number of furan rings is 1. The van der Waals surface area contributed by atoms with Crippen molar-refractivity contribution >= 4 is 111 Å². The van der Waals surface area contributed by atoms with Gasteiger partial charge in [-0.3, -0.25) is 48.2 Å². The number of fused-ring (bicyclic) bond motifs is 2. The summed E-state index contributed by atoms with van der Waals surface area (Å²) in [6, 6.07) is 55.2. The largest absolute Gasteiger partial charge is 0.461 e. The summed E-state index contributed by atoms with van der Waals surface area (Å²) in [5, 5.41) is 45.9. The summed E-state index contributed by atoms with van der Waals surface area (Å²) in [7, 11) is 0. The SMILES string of the molecule is CC(C)c1ccc(NC(=O)CSc2nnc(-c3cccnc3)n2C2CC2)cc1.CCc1ccc(NC(=O)CSc2nnc(-c3cccnc3)n2CC)cc1.CCn1c(SCC(=O)N2c3ccccc3Sc3ccccc32)nnc1-c1ccco1.CCn1c(SCC(=O)Nc2ccc(C)cc2)nnc1-c1cccnc1. The van der Waals surface area contributed by atoms with E-state index in [0.29, 0.717) is 41.0 Å². The number of carbonyl (C=O) groups excluding carboxylic acids is 4. The fourth-order valence-electron chi connectivity index (χ4n) is 11.3. The van der Waals surface area contributed by atoms with E-state index in [1.165, 1.54) is 58.2 Å². The second-order valence-corrected chi connectivity index (χ2v) is 29.9. The van der Waals surface area contributed by atoms with Gasteiger partial charge in [0.15, 0.2) is 49.7 Å². The molecular formula is C80H81N19O5S5. The first-order valence-corrected chi connectivity index (χ1v) is 40.4. The normalized spacial score (nSPS) is 11.9. The molecule has 0 unspecified atom stereocenters. The van der Waals surface area contributed by atoms with Crippen LogP contribution < -0.4 is 20.9 Å². The number of carbonyl (C=O) groups is 4. The maximum atomic E-state index is 13.4. The minimum Gasteiger partial charge on any atom is -0.461 e. The van der Waals surface area contributed by atoms with Crippen molar-refractivity contribution in [1.82, 2.24) is 74.0 Å². The minimum absolute atomic E-state index is 0.00500. The topological polar surface area (TPSA) is 282 Å². The monoisotopic (exact) mass is 1550 g/mol. The first-order valence-electron chi connectivity index (χ1n) is 35.6. The molecule has 29 heteroatoms. The maximum Gasteiger partial charge on any atom is 0.242 e. The van der Waals surface area contributed by atoms with E-state index < -0.39 is 0 Å². The molecular weight excluding hydrogens is 1470 g/mol. The van der Waals surface area contributed by atoms with E-state index in [1.807, 2.05) is 204 Å². The molecule has 13 aromatic rings. The molecule has 109 heavy (non-hydrogen) atoms. The molecule has 5 aromatic carbocycles. The first kappa shape index (κ1) is 77.6. The predicted octanol–water partition coefficient (Wildman–Crippen LogP) is 17.1. The van der Waals surface area contributed by atoms with Crippen molar-refractivity contribution in [3.8, 4) is 45.7 Å². The number of benzene rings is 5. The highest BCUT2D eigenvalue weighted by molar-refractivity contribution is 8.00. The second kappa shape index (κ2) is 38.2. The summed E-state index contributed by atoms with van der Waals surface area (Å²) in [5.74, 6) is 5.09. The lowest BCUT2D eigenvalue weighted by molar-refractivity contribution is -0.116. The van der Waals surface area contributed by atoms with E-state index in [2.05, 4.69) is 109 Å². The van der Waals surface area contributed by atoms with Gasteiger partial charge in [0.2, 0.25) is 23.6 Å². The van der Waals surface area contributed by atoms with Crippen LogP contribution in [0.2, 0.25) is 0 Å². The Morgan fingerprint density at radius 3 is 1.33 bits per heavy atom. The number of hydrogen-bond donors (Lipinski definition) is 3. The van der Waals surface area contributed by atoms with Gasteiger partial charge in [-0.25, -0.2) is 0 Å².